The van der Waals surface area contributed by atoms with Crippen LogP contribution >= 0.6 is 34.8 Å². The molecule has 4 amide bonds. The Morgan fingerprint density at radius 3 is 2.06 bits per heavy atom. The van der Waals surface area contributed by atoms with E-state index in [4.69, 9.17) is 57.7 Å². The molecular weight excluding hydrogens is 1340 g/mol. The fourth-order valence-electron chi connectivity index (χ4n) is 10.8. The molecule has 2 aromatic heterocycles. The third-order valence-electron chi connectivity index (χ3n) is 16.6. The summed E-state index contributed by atoms with van der Waals surface area (Å²) in [5.41, 5.74) is 32.4. The third-order valence-corrected chi connectivity index (χ3v) is 17.3. The third kappa shape index (κ3) is 24.9. The quantitative estimate of drug-likeness (QED) is 0.0146. The predicted octanol–water partition coefficient (Wildman–Crippen LogP) is 12.3. The van der Waals surface area contributed by atoms with Crippen LogP contribution in [0.5, 0.6) is 0 Å². The fraction of sp³-hybridized carbons (Fsp3) is 0.333. The number of likely N-dealkylation sites (tertiary alicyclic amines) is 1. The number of carbonyl (C=O) groups is 5. The van der Waals surface area contributed by atoms with E-state index in [0.717, 1.165) is 90.6 Å². The first-order valence-electron chi connectivity index (χ1n) is 33.0. The molecule has 2 atom stereocenters. The summed E-state index contributed by atoms with van der Waals surface area (Å²) in [6, 6.07) is 35.4. The van der Waals surface area contributed by atoms with Gasteiger partial charge in [-0.1, -0.05) is 138 Å². The molecule has 1 saturated heterocycles. The number of halogens is 5. The maximum Gasteiger partial charge on any atom is 0.305 e. The van der Waals surface area contributed by atoms with Gasteiger partial charge < -0.3 is 53.8 Å². The monoisotopic (exact) mass is 1430 g/mol. The molecule has 1 fully saturated rings. The van der Waals surface area contributed by atoms with Gasteiger partial charge in [-0.3, -0.25) is 43.8 Å². The molecule has 532 valence electrons. The van der Waals surface area contributed by atoms with E-state index < -0.39 is 35.1 Å². The second-order valence-corrected chi connectivity index (χ2v) is 25.6. The van der Waals surface area contributed by atoms with Gasteiger partial charge in [0.2, 0.25) is 5.91 Å². The number of anilines is 1. The molecule has 0 spiro atoms. The number of amides is 4. The van der Waals surface area contributed by atoms with Gasteiger partial charge in [0.25, 0.3) is 23.3 Å². The number of pyridine rings is 1. The van der Waals surface area contributed by atoms with E-state index in [-0.39, 0.29) is 81.9 Å². The summed E-state index contributed by atoms with van der Waals surface area (Å²) in [5.74, 6) is -3.44. The minimum Gasteiger partial charge on any atom is -0.481 e. The highest BCUT2D eigenvalue weighted by Crippen LogP contribution is 2.32. The highest BCUT2D eigenvalue weighted by molar-refractivity contribution is 6.40. The number of aromatic amines is 1. The zero-order valence-corrected chi connectivity index (χ0v) is 59.6. The maximum absolute atomic E-state index is 14.3. The van der Waals surface area contributed by atoms with Gasteiger partial charge in [0.05, 0.1) is 22.5 Å². The summed E-state index contributed by atoms with van der Waals surface area (Å²) in [7, 11) is 0. The van der Waals surface area contributed by atoms with E-state index in [1.165, 1.54) is 59.1 Å². The number of aliphatic carboxylic acids is 1. The summed E-state index contributed by atoms with van der Waals surface area (Å²) < 4.78 is 29.2. The summed E-state index contributed by atoms with van der Waals surface area (Å²) in [4.78, 5) is 86.8. The number of hydrogen-bond acceptors (Lipinski definition) is 11. The lowest BCUT2D eigenvalue weighted by Crippen LogP contribution is -2.50. The SMILES string of the molecule is CCCCNC(=O)c1ccccc1-c1ccccc1C(=O)N(CCC(=O)O)Cc1cc(F)ccc1F.Cc1ccc(C[C@@H](N)C(=O)NC(CCCN=C(N)N)CN2CCCCC2)cc1.Cc1cccc(C(=O)Nc2cc(=O)n(-c3c(Cl)cc(Cl)cc3Cl)[nH]2)c1.Cc1ncc(CN)c(C)c1C. The second-order valence-electron chi connectivity index (χ2n) is 24.3. The number of aryl methyl sites for hydroxylation is 3. The zero-order chi connectivity index (χ0) is 73.0. The van der Waals surface area contributed by atoms with Crippen LogP contribution in [-0.2, 0) is 29.1 Å². The highest BCUT2D eigenvalue weighted by atomic mass is 35.5. The Bertz CT molecular complexity index is 4140. The Labute approximate surface area is 597 Å². The molecule has 25 heteroatoms. The predicted molar refractivity (Wildman–Crippen MR) is 394 cm³/mol. The van der Waals surface area contributed by atoms with Crippen molar-refractivity contribution in [3.05, 3.63) is 238 Å². The standard InChI is InChI=1S/C28H28F2N2O4.C21H36N6O.C17H12Cl3N3O2.C9H14N2/c1-2-3-15-31-27(35)23-10-6-4-8-21(23)22-9-5-7-11-24(22)28(36)32(16-14-26(33)34)18-19-17-20(29)12-13-25(19)30;1-16-7-9-17(10-8-16)14-19(22)20(28)26-18(6-5-11-25-21(23)24)15-27-12-3-2-4-13-27;1-9-3-2-4-10(5-9)17(25)21-14-8-15(24)23(22-14)16-12(19)6-11(18)7-13(16)20;1-6-7(2)9(4-10)5-11-8(6)3/h4-13,17H,2-3,14-16,18H2,1H3,(H,31,35)(H,33,34);7-10,18-19H,2-6,11-15,22H2,1H3,(H,26,28)(H4,23,24,25);2-8,22H,1H3,(H,21,25);5H,4,10H2,1-3H3/t;18?,19-;;/m.1../s1. The Morgan fingerprint density at radius 1 is 0.760 bits per heavy atom. The number of aromatic nitrogens is 3. The number of carbonyl (C=O) groups excluding carboxylic acids is 4. The molecule has 1 unspecified atom stereocenters. The van der Waals surface area contributed by atoms with Gasteiger partial charge in [0, 0.05) is 90.5 Å². The number of nitrogens with one attached hydrogen (secondary N) is 4. The summed E-state index contributed by atoms with van der Waals surface area (Å²) in [6.45, 7) is 16.3. The van der Waals surface area contributed by atoms with Gasteiger partial charge in [0.1, 0.15) is 23.1 Å². The molecular formula is C75H90Cl3F2N13O7. The Kier molecular flexibility index (Phi) is 31.9. The molecule has 9 rings (SSSR count). The van der Waals surface area contributed by atoms with Gasteiger partial charge in [-0.05, 0) is 174 Å². The normalized spacial score (nSPS) is 12.4. The molecule has 6 aromatic carbocycles. The molecule has 13 N–H and O–H groups in total. The van der Waals surface area contributed by atoms with Crippen molar-refractivity contribution in [2.75, 3.05) is 44.6 Å². The van der Waals surface area contributed by atoms with Gasteiger partial charge in [0.15, 0.2) is 5.96 Å². The zero-order valence-electron chi connectivity index (χ0n) is 57.3. The van der Waals surface area contributed by atoms with Crippen molar-refractivity contribution >= 4 is 76.2 Å². The minimum atomic E-state index is -1.13. The molecule has 20 nitrogen and oxygen atoms in total. The van der Waals surface area contributed by atoms with Crippen LogP contribution in [0.4, 0.5) is 14.6 Å². The molecule has 3 heterocycles. The number of nitrogens with zero attached hydrogens (tertiary/aromatic N) is 5. The smallest absolute Gasteiger partial charge is 0.305 e. The van der Waals surface area contributed by atoms with Crippen LogP contribution in [0.3, 0.4) is 0 Å². The first-order valence-corrected chi connectivity index (χ1v) is 34.2. The molecule has 100 heavy (non-hydrogen) atoms. The van der Waals surface area contributed by atoms with Crippen LogP contribution in [0.25, 0.3) is 16.8 Å². The lowest BCUT2D eigenvalue weighted by Gasteiger charge is -2.31. The van der Waals surface area contributed by atoms with Crippen LogP contribution in [0.15, 0.2) is 149 Å². The van der Waals surface area contributed by atoms with E-state index >= 15 is 0 Å². The topological polar surface area (TPSA) is 315 Å². The summed E-state index contributed by atoms with van der Waals surface area (Å²) >= 11 is 18.1. The minimum absolute atomic E-state index is 0.0591. The van der Waals surface area contributed by atoms with Crippen molar-refractivity contribution in [2.24, 2.45) is 27.9 Å². The molecule has 8 aromatic rings. The Balaban J connectivity index is 0.000000222. The van der Waals surface area contributed by atoms with Gasteiger partial charge in [-0.2, -0.15) is 0 Å². The van der Waals surface area contributed by atoms with Crippen LogP contribution < -0.4 is 44.4 Å². The van der Waals surface area contributed by atoms with Crippen molar-refractivity contribution in [3.63, 3.8) is 0 Å². The Hall–Kier alpha value is -9.29. The number of carboxylic acids is 1. The molecule has 0 bridgehead atoms. The summed E-state index contributed by atoms with van der Waals surface area (Å²) in [6.07, 6.45) is 9.17. The van der Waals surface area contributed by atoms with Crippen molar-refractivity contribution < 1.29 is 37.9 Å². The Morgan fingerprint density at radius 2 is 1.42 bits per heavy atom. The van der Waals surface area contributed by atoms with Gasteiger partial charge in [-0.15, -0.1) is 0 Å². The van der Waals surface area contributed by atoms with E-state index in [1.54, 1.807) is 66.7 Å². The average Bonchev–Trinajstić information content (AvgIpc) is 1.23. The average molecular weight is 1430 g/mol. The van der Waals surface area contributed by atoms with Crippen molar-refractivity contribution in [3.8, 4) is 16.8 Å². The van der Waals surface area contributed by atoms with E-state index in [2.05, 4.69) is 49.8 Å². The first kappa shape index (κ1) is 79.7. The summed E-state index contributed by atoms with van der Waals surface area (Å²) in [5, 5.41) is 21.4. The number of carboxylic acid groups (broad SMARTS) is 1. The van der Waals surface area contributed by atoms with Crippen molar-refractivity contribution in [1.29, 1.82) is 0 Å². The first-order chi connectivity index (χ1) is 47.8. The number of piperidine rings is 1. The second kappa shape index (κ2) is 40.1. The number of nitrogens with two attached hydrogens (primary N) is 4. The fourth-order valence-corrected chi connectivity index (χ4v) is 11.8. The van der Waals surface area contributed by atoms with Crippen LogP contribution in [0.2, 0.25) is 15.1 Å². The van der Waals surface area contributed by atoms with Gasteiger partial charge in [-0.25, -0.2) is 13.5 Å². The molecule has 0 saturated carbocycles. The van der Waals surface area contributed by atoms with E-state index in [9.17, 15) is 42.7 Å². The van der Waals surface area contributed by atoms with Crippen molar-refractivity contribution in [2.45, 2.75) is 125 Å². The van der Waals surface area contributed by atoms with E-state index in [1.807, 2.05) is 64.2 Å². The maximum atomic E-state index is 14.3. The number of hydrogen-bond donors (Lipinski definition) is 9. The largest absolute Gasteiger partial charge is 0.481 e. The lowest BCUT2D eigenvalue weighted by atomic mass is 9.94. The highest BCUT2D eigenvalue weighted by Gasteiger charge is 2.26. The molecule has 0 aliphatic carbocycles. The molecule has 1 aliphatic rings. The van der Waals surface area contributed by atoms with Crippen LogP contribution in [-0.4, -0.2) is 117 Å². The lowest BCUT2D eigenvalue weighted by molar-refractivity contribution is -0.137. The van der Waals surface area contributed by atoms with E-state index in [0.29, 0.717) is 53.3 Å². The number of aliphatic imine (C=N–C) groups is 1. The number of benzene rings is 6. The number of unbranched alkanes of at least 4 members (excludes halogenated alkanes) is 1. The molecule has 0 radical (unpaired) electrons. The van der Waals surface area contributed by atoms with Crippen LogP contribution in [0, 0.1) is 46.3 Å². The number of rotatable bonds is 25. The molecule has 1 aliphatic heterocycles. The van der Waals surface area contributed by atoms with Crippen LogP contribution in [0.1, 0.15) is 134 Å². The van der Waals surface area contributed by atoms with Crippen molar-refractivity contribution in [1.82, 2.24) is 35.2 Å². The number of H-pyrrole nitrogens is 1. The van der Waals surface area contributed by atoms with Gasteiger partial charge >= 0.3 is 5.97 Å². The number of guanidine groups is 1.